The molecule has 2 fully saturated rings. The third kappa shape index (κ3) is 5.15. The maximum atomic E-state index is 12.5. The van der Waals surface area contributed by atoms with Gasteiger partial charge in [0.05, 0.1) is 18.6 Å². The Morgan fingerprint density at radius 3 is 2.63 bits per heavy atom. The van der Waals surface area contributed by atoms with E-state index >= 15 is 0 Å². The maximum Gasteiger partial charge on any atom is 0.230 e. The quantitative estimate of drug-likeness (QED) is 0.723. The van der Waals surface area contributed by atoms with Crippen LogP contribution in [0.25, 0.3) is 0 Å². The van der Waals surface area contributed by atoms with Crippen molar-refractivity contribution in [2.24, 2.45) is 0 Å². The van der Waals surface area contributed by atoms with Gasteiger partial charge in [-0.05, 0) is 37.8 Å². The van der Waals surface area contributed by atoms with Crippen LogP contribution in [0.2, 0.25) is 0 Å². The van der Waals surface area contributed by atoms with Crippen molar-refractivity contribution in [3.8, 4) is 0 Å². The monoisotopic (exact) mass is 388 g/mol. The fraction of sp³-hybridized carbons (Fsp3) is 0.650. The van der Waals surface area contributed by atoms with Crippen molar-refractivity contribution in [3.05, 3.63) is 30.0 Å². The van der Waals surface area contributed by atoms with Gasteiger partial charge in [0.25, 0.3) is 0 Å². The fourth-order valence-corrected chi connectivity index (χ4v) is 4.51. The molecule has 146 valence electrons. The molecule has 4 rings (SSSR count). The summed E-state index contributed by atoms with van der Waals surface area (Å²) < 4.78 is 7.62. The predicted octanol–water partition coefficient (Wildman–Crippen LogP) is 4.12. The van der Waals surface area contributed by atoms with Crippen LogP contribution in [0, 0.1) is 0 Å². The first-order valence-corrected chi connectivity index (χ1v) is 11.2. The van der Waals surface area contributed by atoms with Crippen LogP contribution < -0.4 is 5.32 Å². The molecule has 0 aromatic carbocycles. The summed E-state index contributed by atoms with van der Waals surface area (Å²) in [5.74, 6) is 2.90. The summed E-state index contributed by atoms with van der Waals surface area (Å²) in [6, 6.07) is 4.19. The molecule has 0 saturated heterocycles. The van der Waals surface area contributed by atoms with Gasteiger partial charge in [-0.15, -0.1) is 10.2 Å². The molecule has 0 radical (unpaired) electrons. The number of hydrogen-bond donors (Lipinski definition) is 1. The Labute approximate surface area is 164 Å². The van der Waals surface area contributed by atoms with Gasteiger partial charge in [0.1, 0.15) is 11.6 Å². The van der Waals surface area contributed by atoms with Crippen LogP contribution in [-0.2, 0) is 11.3 Å². The summed E-state index contributed by atoms with van der Waals surface area (Å²) in [4.78, 5) is 12.5. The van der Waals surface area contributed by atoms with Gasteiger partial charge in [-0.1, -0.05) is 43.9 Å². The molecule has 1 amide bonds. The average molecular weight is 389 g/mol. The third-order valence-corrected chi connectivity index (χ3v) is 6.35. The van der Waals surface area contributed by atoms with Gasteiger partial charge < -0.3 is 9.73 Å². The van der Waals surface area contributed by atoms with Gasteiger partial charge >= 0.3 is 0 Å². The van der Waals surface area contributed by atoms with Gasteiger partial charge in [0.15, 0.2) is 5.16 Å². The van der Waals surface area contributed by atoms with E-state index in [2.05, 4.69) is 20.1 Å². The highest BCUT2D eigenvalue weighted by molar-refractivity contribution is 7.99. The minimum atomic E-state index is 0.103. The van der Waals surface area contributed by atoms with Crippen LogP contribution in [0.3, 0.4) is 0 Å². The molecular weight excluding hydrogens is 360 g/mol. The number of hydrogen-bond acceptors (Lipinski definition) is 5. The van der Waals surface area contributed by atoms with Gasteiger partial charge in [0.2, 0.25) is 5.91 Å². The van der Waals surface area contributed by atoms with Crippen molar-refractivity contribution >= 4 is 17.7 Å². The van der Waals surface area contributed by atoms with E-state index in [-0.39, 0.29) is 5.91 Å². The molecule has 27 heavy (non-hydrogen) atoms. The lowest BCUT2D eigenvalue weighted by Gasteiger charge is -2.20. The minimum absolute atomic E-state index is 0.103. The van der Waals surface area contributed by atoms with E-state index in [4.69, 9.17) is 4.42 Å². The van der Waals surface area contributed by atoms with Gasteiger partial charge in [0, 0.05) is 12.0 Å². The SMILES string of the molecule is O=C(CSc1nnc(C2CC2)n1Cc1ccco1)NC1CCCCCCC1. The van der Waals surface area contributed by atoms with Gasteiger partial charge in [-0.3, -0.25) is 9.36 Å². The Bertz CT molecular complexity index is 731. The lowest BCUT2D eigenvalue weighted by atomic mass is 9.97. The topological polar surface area (TPSA) is 73.0 Å². The fourth-order valence-electron chi connectivity index (χ4n) is 3.76. The van der Waals surface area contributed by atoms with Crippen LogP contribution in [0.5, 0.6) is 0 Å². The summed E-state index contributed by atoms with van der Waals surface area (Å²) in [6.45, 7) is 0.623. The lowest BCUT2D eigenvalue weighted by molar-refractivity contribution is -0.119. The number of rotatable bonds is 7. The molecule has 0 bridgehead atoms. The number of furan rings is 1. The van der Waals surface area contributed by atoms with Crippen LogP contribution in [-0.4, -0.2) is 32.5 Å². The van der Waals surface area contributed by atoms with Crippen LogP contribution >= 0.6 is 11.8 Å². The number of thioether (sulfide) groups is 1. The molecule has 0 aliphatic heterocycles. The van der Waals surface area contributed by atoms with E-state index in [9.17, 15) is 4.79 Å². The molecule has 6 nitrogen and oxygen atoms in total. The maximum absolute atomic E-state index is 12.5. The molecule has 2 aromatic heterocycles. The zero-order valence-electron chi connectivity index (χ0n) is 15.7. The molecule has 2 saturated carbocycles. The summed E-state index contributed by atoms with van der Waals surface area (Å²) in [6.07, 6.45) is 12.6. The van der Waals surface area contributed by atoms with Crippen LogP contribution in [0.1, 0.15) is 75.3 Å². The van der Waals surface area contributed by atoms with E-state index in [1.807, 2.05) is 12.1 Å². The molecule has 0 atom stereocenters. The number of carbonyl (C=O) groups is 1. The van der Waals surface area contributed by atoms with E-state index in [1.54, 1.807) is 6.26 Å². The molecule has 0 unspecified atom stereocenters. The Hall–Kier alpha value is -1.76. The highest BCUT2D eigenvalue weighted by Gasteiger charge is 2.31. The summed E-state index contributed by atoms with van der Waals surface area (Å²) in [7, 11) is 0. The molecule has 7 heteroatoms. The second-order valence-corrected chi connectivity index (χ2v) is 8.62. The Morgan fingerprint density at radius 1 is 1.15 bits per heavy atom. The molecule has 2 aromatic rings. The number of nitrogens with zero attached hydrogens (tertiary/aromatic N) is 3. The number of amides is 1. The second-order valence-electron chi connectivity index (χ2n) is 7.68. The van der Waals surface area contributed by atoms with E-state index in [0.717, 1.165) is 29.6 Å². The van der Waals surface area contributed by atoms with E-state index in [0.29, 0.717) is 24.3 Å². The van der Waals surface area contributed by atoms with Crippen molar-refractivity contribution < 1.29 is 9.21 Å². The second kappa shape index (κ2) is 8.95. The van der Waals surface area contributed by atoms with Gasteiger partial charge in [-0.2, -0.15) is 0 Å². The zero-order valence-corrected chi connectivity index (χ0v) is 16.5. The molecule has 2 aliphatic rings. The minimum Gasteiger partial charge on any atom is -0.467 e. The largest absolute Gasteiger partial charge is 0.467 e. The van der Waals surface area contributed by atoms with Crippen molar-refractivity contribution in [3.63, 3.8) is 0 Å². The predicted molar refractivity (Wildman–Crippen MR) is 105 cm³/mol. The first-order valence-electron chi connectivity index (χ1n) is 10.2. The van der Waals surface area contributed by atoms with Crippen LogP contribution in [0.15, 0.2) is 28.0 Å². The number of aromatic nitrogens is 3. The van der Waals surface area contributed by atoms with Crippen molar-refractivity contribution in [1.29, 1.82) is 0 Å². The lowest BCUT2D eigenvalue weighted by Crippen LogP contribution is -2.36. The number of carbonyl (C=O) groups excluding carboxylic acids is 1. The molecule has 2 aliphatic carbocycles. The van der Waals surface area contributed by atoms with Crippen molar-refractivity contribution in [2.45, 2.75) is 81.4 Å². The summed E-state index contributed by atoms with van der Waals surface area (Å²) in [5.41, 5.74) is 0. The molecule has 2 heterocycles. The average Bonchev–Trinajstić information content (AvgIpc) is 3.20. The molecule has 0 spiro atoms. The smallest absolute Gasteiger partial charge is 0.230 e. The van der Waals surface area contributed by atoms with Crippen LogP contribution in [0.4, 0.5) is 0 Å². The first kappa shape index (κ1) is 18.6. The summed E-state index contributed by atoms with van der Waals surface area (Å²) >= 11 is 1.48. The van der Waals surface area contributed by atoms with Crippen molar-refractivity contribution in [2.75, 3.05) is 5.75 Å². The van der Waals surface area contributed by atoms with Crippen molar-refractivity contribution in [1.82, 2.24) is 20.1 Å². The normalized spacial score (nSPS) is 18.8. The molecule has 1 N–H and O–H groups in total. The number of nitrogens with one attached hydrogen (secondary N) is 1. The Balaban J connectivity index is 1.35. The standard InChI is InChI=1S/C20H28N4O2S/c25-18(21-16-7-4-2-1-3-5-8-16)14-27-20-23-22-19(15-10-11-15)24(20)13-17-9-6-12-26-17/h6,9,12,15-16H,1-5,7-8,10-11,13-14H2,(H,21,25). The molecular formula is C20H28N4O2S. The van der Waals surface area contributed by atoms with E-state index < -0.39 is 0 Å². The highest BCUT2D eigenvalue weighted by Crippen LogP contribution is 2.40. The summed E-state index contributed by atoms with van der Waals surface area (Å²) in [5, 5.41) is 12.8. The van der Waals surface area contributed by atoms with E-state index in [1.165, 1.54) is 56.7 Å². The zero-order chi connectivity index (χ0) is 18.5. The Kier molecular flexibility index (Phi) is 6.17. The highest BCUT2D eigenvalue weighted by atomic mass is 32.2. The Morgan fingerprint density at radius 2 is 1.93 bits per heavy atom. The van der Waals surface area contributed by atoms with Gasteiger partial charge in [-0.25, -0.2) is 0 Å². The third-order valence-electron chi connectivity index (χ3n) is 5.38. The first-order chi connectivity index (χ1) is 13.3.